The first kappa shape index (κ1) is 33.6. The van der Waals surface area contributed by atoms with Crippen LogP contribution in [0.4, 0.5) is 0 Å². The van der Waals surface area contributed by atoms with Crippen LogP contribution >= 0.6 is 0 Å². The highest BCUT2D eigenvalue weighted by Gasteiger charge is 2.31. The van der Waals surface area contributed by atoms with Gasteiger partial charge in [-0.15, -0.1) is 0 Å². The van der Waals surface area contributed by atoms with E-state index in [0.29, 0.717) is 61.1 Å². The maximum Gasteiger partial charge on any atom is 0.309 e. The fourth-order valence-corrected chi connectivity index (χ4v) is 5.70. The Morgan fingerprint density at radius 1 is 0.660 bits per heavy atom. The molecule has 4 aromatic rings. The van der Waals surface area contributed by atoms with Gasteiger partial charge in [0.1, 0.15) is 24.7 Å². The third-order valence-electron chi connectivity index (χ3n) is 8.39. The van der Waals surface area contributed by atoms with E-state index in [1.807, 2.05) is 60.7 Å². The number of phenolic OH excluding ortho intramolecular Hbond substituents is 1. The van der Waals surface area contributed by atoms with Crippen LogP contribution in [0.3, 0.4) is 0 Å². The standard InChI is InChI=1S/C38H43N3O6/c1-2-3-4-5-12-23-46-37(43)29-17-19-30(20-18-29)38(44)47-25-24-45-31-21-22-32(33(42)26-31)36-40-34(27-13-8-6-9-14-27)39-35(41-36)28-15-10-7-11-16-28/h6-11,13-16,21-22,26,29-30,42H,2-5,12,17-20,23-25H2,1H3. The molecule has 0 aliphatic heterocycles. The quantitative estimate of drug-likeness (QED) is 0.103. The topological polar surface area (TPSA) is 121 Å². The van der Waals surface area contributed by atoms with Crippen molar-refractivity contribution in [3.63, 3.8) is 0 Å². The Kier molecular flexibility index (Phi) is 12.3. The van der Waals surface area contributed by atoms with E-state index in [1.165, 1.54) is 25.3 Å². The van der Waals surface area contributed by atoms with Gasteiger partial charge in [0.05, 0.1) is 24.0 Å². The largest absolute Gasteiger partial charge is 0.507 e. The molecule has 0 spiro atoms. The number of benzene rings is 3. The highest BCUT2D eigenvalue weighted by Crippen LogP contribution is 2.33. The van der Waals surface area contributed by atoms with E-state index in [0.717, 1.165) is 24.0 Å². The lowest BCUT2D eigenvalue weighted by atomic mass is 9.82. The zero-order chi connectivity index (χ0) is 32.8. The number of unbranched alkanes of at least 4 members (excludes halogenated alkanes) is 4. The van der Waals surface area contributed by atoms with Gasteiger partial charge >= 0.3 is 11.9 Å². The van der Waals surface area contributed by atoms with Crippen molar-refractivity contribution in [1.29, 1.82) is 0 Å². The Labute approximate surface area is 276 Å². The van der Waals surface area contributed by atoms with Gasteiger partial charge in [0.2, 0.25) is 0 Å². The smallest absolute Gasteiger partial charge is 0.309 e. The van der Waals surface area contributed by atoms with E-state index in [1.54, 1.807) is 12.1 Å². The Morgan fingerprint density at radius 2 is 1.19 bits per heavy atom. The molecule has 0 bridgehead atoms. The molecule has 5 rings (SSSR count). The summed E-state index contributed by atoms with van der Waals surface area (Å²) in [6, 6.07) is 24.2. The van der Waals surface area contributed by atoms with Crippen molar-refractivity contribution in [2.75, 3.05) is 19.8 Å². The number of ether oxygens (including phenoxy) is 3. The zero-order valence-corrected chi connectivity index (χ0v) is 27.0. The van der Waals surface area contributed by atoms with Crippen LogP contribution in [0.15, 0.2) is 78.9 Å². The number of carbonyl (C=O) groups excluding carboxylic acids is 2. The third kappa shape index (κ3) is 9.61. The molecule has 3 aromatic carbocycles. The van der Waals surface area contributed by atoms with Gasteiger partial charge in [0.25, 0.3) is 0 Å². The van der Waals surface area contributed by atoms with E-state index >= 15 is 0 Å². The van der Waals surface area contributed by atoms with Crippen LogP contribution in [0.25, 0.3) is 34.2 Å². The number of hydrogen-bond donors (Lipinski definition) is 1. The maximum absolute atomic E-state index is 12.6. The molecule has 0 saturated heterocycles. The van der Waals surface area contributed by atoms with Crippen molar-refractivity contribution in [3.05, 3.63) is 78.9 Å². The Bertz CT molecular complexity index is 1530. The lowest BCUT2D eigenvalue weighted by Crippen LogP contribution is -2.29. The second-order valence-electron chi connectivity index (χ2n) is 11.9. The van der Waals surface area contributed by atoms with Gasteiger partial charge in [-0.05, 0) is 44.2 Å². The number of phenols is 1. The normalized spacial score (nSPS) is 15.9. The van der Waals surface area contributed by atoms with E-state index in [9.17, 15) is 14.7 Å². The van der Waals surface area contributed by atoms with E-state index in [-0.39, 0.29) is 42.7 Å². The number of hydrogen-bond acceptors (Lipinski definition) is 9. The average Bonchev–Trinajstić information content (AvgIpc) is 3.12. The molecule has 47 heavy (non-hydrogen) atoms. The highest BCUT2D eigenvalue weighted by molar-refractivity contribution is 5.75. The fraction of sp³-hybridized carbons (Fsp3) is 0.395. The summed E-state index contributed by atoms with van der Waals surface area (Å²) >= 11 is 0. The summed E-state index contributed by atoms with van der Waals surface area (Å²) in [5.41, 5.74) is 2.11. The molecule has 1 saturated carbocycles. The summed E-state index contributed by atoms with van der Waals surface area (Å²) in [5.74, 6) is 0.935. The molecule has 0 atom stereocenters. The number of carbonyl (C=O) groups is 2. The summed E-state index contributed by atoms with van der Waals surface area (Å²) in [7, 11) is 0. The van der Waals surface area contributed by atoms with Crippen molar-refractivity contribution >= 4 is 11.9 Å². The van der Waals surface area contributed by atoms with Gasteiger partial charge in [0.15, 0.2) is 17.5 Å². The van der Waals surface area contributed by atoms with E-state index in [2.05, 4.69) is 21.9 Å². The number of aromatic hydroxyl groups is 1. The summed E-state index contributed by atoms with van der Waals surface area (Å²) in [4.78, 5) is 39.1. The lowest BCUT2D eigenvalue weighted by molar-refractivity contribution is -0.155. The van der Waals surface area contributed by atoms with E-state index < -0.39 is 0 Å². The van der Waals surface area contributed by atoms with Gasteiger partial charge in [-0.2, -0.15) is 0 Å². The molecule has 0 radical (unpaired) electrons. The molecule has 1 aliphatic rings. The molecule has 9 heteroatoms. The predicted octanol–water partition coefficient (Wildman–Crippen LogP) is 7.82. The Morgan fingerprint density at radius 3 is 1.74 bits per heavy atom. The van der Waals surface area contributed by atoms with Crippen molar-refractivity contribution < 1.29 is 28.9 Å². The van der Waals surface area contributed by atoms with Gasteiger partial charge < -0.3 is 19.3 Å². The van der Waals surface area contributed by atoms with Crippen LogP contribution in [-0.2, 0) is 19.1 Å². The summed E-state index contributed by atoms with van der Waals surface area (Å²) in [6.45, 7) is 2.87. The molecule has 1 fully saturated rings. The number of esters is 2. The Balaban J connectivity index is 1.10. The molecule has 1 N–H and O–H groups in total. The van der Waals surface area contributed by atoms with Crippen molar-refractivity contribution in [1.82, 2.24) is 15.0 Å². The molecular formula is C38H43N3O6. The van der Waals surface area contributed by atoms with Crippen molar-refractivity contribution in [2.45, 2.75) is 64.7 Å². The maximum atomic E-state index is 12.6. The second kappa shape index (κ2) is 17.2. The van der Waals surface area contributed by atoms with Crippen LogP contribution in [0.2, 0.25) is 0 Å². The molecule has 0 unspecified atom stereocenters. The van der Waals surface area contributed by atoms with Gasteiger partial charge in [-0.25, -0.2) is 15.0 Å². The minimum Gasteiger partial charge on any atom is -0.507 e. The highest BCUT2D eigenvalue weighted by atomic mass is 16.6. The fourth-order valence-electron chi connectivity index (χ4n) is 5.70. The predicted molar refractivity (Wildman–Crippen MR) is 179 cm³/mol. The summed E-state index contributed by atoms with van der Waals surface area (Å²) < 4.78 is 16.7. The van der Waals surface area contributed by atoms with Crippen LogP contribution < -0.4 is 4.74 Å². The average molecular weight is 638 g/mol. The van der Waals surface area contributed by atoms with Crippen molar-refractivity contribution in [3.8, 4) is 45.7 Å². The molecule has 246 valence electrons. The molecular weight excluding hydrogens is 594 g/mol. The number of nitrogens with zero attached hydrogens (tertiary/aromatic N) is 3. The molecule has 0 amide bonds. The first-order valence-corrected chi connectivity index (χ1v) is 16.7. The monoisotopic (exact) mass is 637 g/mol. The zero-order valence-electron chi connectivity index (χ0n) is 27.0. The van der Waals surface area contributed by atoms with Crippen LogP contribution in [0, 0.1) is 11.8 Å². The van der Waals surface area contributed by atoms with Gasteiger partial charge in [0, 0.05) is 17.2 Å². The lowest BCUT2D eigenvalue weighted by Gasteiger charge is -2.26. The SMILES string of the molecule is CCCCCCCOC(=O)C1CCC(C(=O)OCCOc2ccc(-c3nc(-c4ccccc4)nc(-c4ccccc4)n3)c(O)c2)CC1. The van der Waals surface area contributed by atoms with Crippen molar-refractivity contribution in [2.24, 2.45) is 11.8 Å². The van der Waals surface area contributed by atoms with Crippen LogP contribution in [0.1, 0.15) is 64.7 Å². The van der Waals surface area contributed by atoms with E-state index in [4.69, 9.17) is 14.2 Å². The minimum absolute atomic E-state index is 0.0458. The molecule has 1 heterocycles. The summed E-state index contributed by atoms with van der Waals surface area (Å²) in [6.07, 6.45) is 8.07. The minimum atomic E-state index is -0.271. The first-order chi connectivity index (χ1) is 23.0. The molecule has 9 nitrogen and oxygen atoms in total. The first-order valence-electron chi connectivity index (χ1n) is 16.7. The van der Waals surface area contributed by atoms with Crippen LogP contribution in [-0.4, -0.2) is 51.8 Å². The molecule has 1 aliphatic carbocycles. The Hall–Kier alpha value is -4.79. The van der Waals surface area contributed by atoms with Gasteiger partial charge in [-0.3, -0.25) is 9.59 Å². The van der Waals surface area contributed by atoms with Gasteiger partial charge in [-0.1, -0.05) is 93.3 Å². The van der Waals surface area contributed by atoms with Crippen LogP contribution in [0.5, 0.6) is 11.5 Å². The second-order valence-corrected chi connectivity index (χ2v) is 11.9. The number of aromatic nitrogens is 3. The summed E-state index contributed by atoms with van der Waals surface area (Å²) in [5, 5.41) is 10.9. The number of rotatable bonds is 15. The molecule has 1 aromatic heterocycles. The third-order valence-corrected chi connectivity index (χ3v) is 8.39.